The molecule has 2 aromatic rings. The van der Waals surface area contributed by atoms with Crippen molar-refractivity contribution in [3.63, 3.8) is 0 Å². The van der Waals surface area contributed by atoms with Crippen molar-refractivity contribution in [2.24, 2.45) is 0 Å². The van der Waals surface area contributed by atoms with Crippen molar-refractivity contribution in [3.8, 4) is 5.75 Å². The number of benzene rings is 2. The highest BCUT2D eigenvalue weighted by Crippen LogP contribution is 2.43. The number of quaternary nitrogens is 1. The van der Waals surface area contributed by atoms with E-state index in [1.165, 1.54) is 54.6 Å². The van der Waals surface area contributed by atoms with Gasteiger partial charge in [-0.3, -0.25) is 0 Å². The summed E-state index contributed by atoms with van der Waals surface area (Å²) in [5.41, 5.74) is 6.05. The van der Waals surface area contributed by atoms with E-state index in [0.717, 1.165) is 10.2 Å². The van der Waals surface area contributed by atoms with Crippen LogP contribution in [0.25, 0.3) is 0 Å². The number of hydrogen-bond donors (Lipinski definition) is 0. The van der Waals surface area contributed by atoms with E-state index in [1.54, 1.807) is 7.11 Å². The molecule has 0 aromatic heterocycles. The molecule has 2 aliphatic rings. The van der Waals surface area contributed by atoms with Crippen LogP contribution in [0.4, 0.5) is 0 Å². The lowest BCUT2D eigenvalue weighted by molar-refractivity contribution is -0.935. The van der Waals surface area contributed by atoms with Crippen LogP contribution in [-0.4, -0.2) is 31.7 Å². The van der Waals surface area contributed by atoms with Gasteiger partial charge in [0.25, 0.3) is 0 Å². The van der Waals surface area contributed by atoms with Crippen LogP contribution in [0.1, 0.15) is 34.7 Å². The zero-order valence-electron chi connectivity index (χ0n) is 13.5. The molecule has 2 aromatic carbocycles. The topological polar surface area (TPSA) is 9.23 Å². The van der Waals surface area contributed by atoms with E-state index in [9.17, 15) is 0 Å². The maximum atomic E-state index is 5.45. The average Bonchev–Trinajstić information content (AvgIpc) is 2.70. The molecule has 0 saturated heterocycles. The van der Waals surface area contributed by atoms with E-state index < -0.39 is 0 Å². The van der Waals surface area contributed by atoms with Gasteiger partial charge in [0, 0.05) is 24.0 Å². The number of nitrogens with zero attached hydrogens (tertiary/aromatic N) is 1. The number of fused-ring (bicyclic) bond motifs is 5. The second-order valence-corrected chi connectivity index (χ2v) is 6.95. The minimum Gasteiger partial charge on any atom is -0.497 e. The van der Waals surface area contributed by atoms with E-state index in [-0.39, 0.29) is 0 Å². The van der Waals surface area contributed by atoms with E-state index >= 15 is 0 Å². The van der Waals surface area contributed by atoms with Crippen molar-refractivity contribution < 1.29 is 9.22 Å². The summed E-state index contributed by atoms with van der Waals surface area (Å²) in [5.74, 6) is 0.985. The number of rotatable bonds is 1. The highest BCUT2D eigenvalue weighted by molar-refractivity contribution is 5.44. The first-order chi connectivity index (χ1) is 10.7. The van der Waals surface area contributed by atoms with Crippen molar-refractivity contribution >= 4 is 0 Å². The molecule has 0 N–H and O–H groups in total. The number of aryl methyl sites for hydroxylation is 1. The molecule has 2 heteroatoms. The van der Waals surface area contributed by atoms with Crippen LogP contribution < -0.4 is 4.74 Å². The summed E-state index contributed by atoms with van der Waals surface area (Å²) in [6, 6.07) is 16.2. The van der Waals surface area contributed by atoms with Crippen LogP contribution in [0, 0.1) is 0 Å². The van der Waals surface area contributed by atoms with Crippen molar-refractivity contribution in [3.05, 3.63) is 64.7 Å². The smallest absolute Gasteiger partial charge is 0.141 e. The molecule has 2 aliphatic heterocycles. The van der Waals surface area contributed by atoms with Gasteiger partial charge < -0.3 is 9.22 Å². The Morgan fingerprint density at radius 3 is 2.64 bits per heavy atom. The summed E-state index contributed by atoms with van der Waals surface area (Å²) in [7, 11) is 4.20. The molecule has 4 rings (SSSR count). The molecular formula is C20H24NO+. The fourth-order valence-electron chi connectivity index (χ4n) is 4.44. The Balaban J connectivity index is 1.92. The Hall–Kier alpha value is -1.80. The largest absolute Gasteiger partial charge is 0.497 e. The number of ether oxygens (including phenoxy) is 1. The molecule has 0 spiro atoms. The molecule has 0 bridgehead atoms. The van der Waals surface area contributed by atoms with Gasteiger partial charge in [0.05, 0.1) is 27.2 Å². The lowest BCUT2D eigenvalue weighted by Gasteiger charge is -2.45. The minimum absolute atomic E-state index is 0.480. The lowest BCUT2D eigenvalue weighted by Crippen LogP contribution is -2.51. The molecule has 114 valence electrons. The van der Waals surface area contributed by atoms with Crippen molar-refractivity contribution in [2.45, 2.75) is 25.3 Å². The summed E-state index contributed by atoms with van der Waals surface area (Å²) in [4.78, 5) is 0. The Morgan fingerprint density at radius 1 is 0.955 bits per heavy atom. The zero-order chi connectivity index (χ0) is 15.2. The van der Waals surface area contributed by atoms with Crippen LogP contribution in [-0.2, 0) is 12.8 Å². The summed E-state index contributed by atoms with van der Waals surface area (Å²) < 4.78 is 6.60. The summed E-state index contributed by atoms with van der Waals surface area (Å²) in [5, 5.41) is 0. The molecule has 0 fully saturated rings. The third kappa shape index (κ3) is 2.05. The van der Waals surface area contributed by atoms with Gasteiger partial charge in [-0.2, -0.15) is 0 Å². The van der Waals surface area contributed by atoms with Crippen molar-refractivity contribution in [2.75, 3.05) is 27.2 Å². The lowest BCUT2D eigenvalue weighted by atomic mass is 9.85. The van der Waals surface area contributed by atoms with Gasteiger partial charge in [0.15, 0.2) is 0 Å². The van der Waals surface area contributed by atoms with Crippen LogP contribution in [0.2, 0.25) is 0 Å². The standard InChI is InChI=1S/C20H24NO/c1-21-12-5-7-16-14-17(22-2)9-10-19(16)20(21)18-8-4-3-6-15(18)11-13-21/h3-4,6,8-10,14,20H,5,7,11-13H2,1-2H3/q+1. The Morgan fingerprint density at radius 2 is 1.77 bits per heavy atom. The molecule has 0 amide bonds. The highest BCUT2D eigenvalue weighted by Gasteiger charge is 2.42. The third-order valence-corrected chi connectivity index (χ3v) is 5.62. The number of likely N-dealkylation sites (N-methyl/N-ethyl adjacent to an activating group) is 1. The average molecular weight is 294 g/mol. The number of methoxy groups -OCH3 is 1. The summed E-state index contributed by atoms with van der Waals surface area (Å²) in [6.45, 7) is 2.50. The van der Waals surface area contributed by atoms with Gasteiger partial charge >= 0.3 is 0 Å². The van der Waals surface area contributed by atoms with E-state index in [0.29, 0.717) is 6.04 Å². The van der Waals surface area contributed by atoms with E-state index in [4.69, 9.17) is 4.74 Å². The fourth-order valence-corrected chi connectivity index (χ4v) is 4.44. The predicted octanol–water partition coefficient (Wildman–Crippen LogP) is 3.73. The van der Waals surface area contributed by atoms with Gasteiger partial charge in [-0.1, -0.05) is 24.3 Å². The van der Waals surface area contributed by atoms with Crippen LogP contribution >= 0.6 is 0 Å². The molecular weight excluding hydrogens is 270 g/mol. The van der Waals surface area contributed by atoms with Crippen LogP contribution in [0.3, 0.4) is 0 Å². The Kier molecular flexibility index (Phi) is 3.23. The van der Waals surface area contributed by atoms with Gasteiger partial charge in [-0.25, -0.2) is 0 Å². The summed E-state index contributed by atoms with van der Waals surface area (Å²) >= 11 is 0. The fraction of sp³-hybridized carbons (Fsp3) is 0.400. The van der Waals surface area contributed by atoms with E-state index in [2.05, 4.69) is 49.5 Å². The monoisotopic (exact) mass is 294 g/mol. The van der Waals surface area contributed by atoms with Crippen molar-refractivity contribution in [1.29, 1.82) is 0 Å². The molecule has 2 heterocycles. The normalized spacial score (nSPS) is 26.4. The first kappa shape index (κ1) is 13.8. The molecule has 22 heavy (non-hydrogen) atoms. The van der Waals surface area contributed by atoms with Gasteiger partial charge in [0.1, 0.15) is 11.8 Å². The minimum atomic E-state index is 0.480. The third-order valence-electron chi connectivity index (χ3n) is 5.62. The molecule has 2 unspecified atom stereocenters. The maximum absolute atomic E-state index is 5.45. The Bertz CT molecular complexity index is 709. The van der Waals surface area contributed by atoms with Gasteiger partial charge in [0.2, 0.25) is 0 Å². The van der Waals surface area contributed by atoms with Crippen LogP contribution in [0.15, 0.2) is 42.5 Å². The molecule has 0 aliphatic carbocycles. The molecule has 0 radical (unpaired) electrons. The molecule has 0 saturated carbocycles. The Labute approximate surface area is 132 Å². The zero-order valence-corrected chi connectivity index (χ0v) is 13.5. The van der Waals surface area contributed by atoms with Crippen molar-refractivity contribution in [1.82, 2.24) is 0 Å². The first-order valence-corrected chi connectivity index (χ1v) is 8.30. The predicted molar refractivity (Wildman–Crippen MR) is 89.2 cm³/mol. The molecule has 2 atom stereocenters. The van der Waals surface area contributed by atoms with Gasteiger partial charge in [-0.05, 0) is 35.7 Å². The summed E-state index contributed by atoms with van der Waals surface area (Å²) in [6.07, 6.45) is 3.63. The SMILES string of the molecule is COc1ccc2c(c1)CCC[N+]1(C)CCc3ccccc3C21. The molecule has 2 nitrogen and oxygen atoms in total. The quantitative estimate of drug-likeness (QED) is 0.728. The van der Waals surface area contributed by atoms with E-state index in [1.807, 2.05) is 0 Å². The second kappa shape index (κ2) is 5.13. The highest BCUT2D eigenvalue weighted by atomic mass is 16.5. The first-order valence-electron chi connectivity index (χ1n) is 8.30. The number of hydrogen-bond acceptors (Lipinski definition) is 1. The van der Waals surface area contributed by atoms with Gasteiger partial charge in [-0.15, -0.1) is 0 Å². The maximum Gasteiger partial charge on any atom is 0.141 e. The van der Waals surface area contributed by atoms with Crippen LogP contribution in [0.5, 0.6) is 5.75 Å². The second-order valence-electron chi connectivity index (χ2n) is 6.95.